The second-order valence-electron chi connectivity index (χ2n) is 2.41. The van der Waals surface area contributed by atoms with Gasteiger partial charge < -0.3 is 10.6 Å². The molecule has 0 aliphatic heterocycles. The van der Waals surface area contributed by atoms with Crippen LogP contribution in [0.5, 0.6) is 0 Å². The van der Waals surface area contributed by atoms with Crippen LogP contribution >= 0.6 is 11.3 Å². The van der Waals surface area contributed by atoms with Crippen molar-refractivity contribution in [3.63, 3.8) is 0 Å². The predicted octanol–water partition coefficient (Wildman–Crippen LogP) is 1.55. The highest BCUT2D eigenvalue weighted by molar-refractivity contribution is 7.08. The first-order valence-electron chi connectivity index (χ1n) is 3.76. The van der Waals surface area contributed by atoms with Gasteiger partial charge in [0.05, 0.1) is 0 Å². The van der Waals surface area contributed by atoms with E-state index in [1.54, 1.807) is 11.3 Å². The summed E-state index contributed by atoms with van der Waals surface area (Å²) in [6.07, 6.45) is 1.11. The fourth-order valence-corrected chi connectivity index (χ4v) is 1.88. The standard InChI is InChI=1S/C8H14N2S/c1-9-4-3-7-5-11-6-8(7)10-2/h5-6,9-10H,3-4H2,1-2H3. The van der Waals surface area contributed by atoms with Gasteiger partial charge in [-0.25, -0.2) is 0 Å². The van der Waals surface area contributed by atoms with Crippen LogP contribution in [0.15, 0.2) is 10.8 Å². The highest BCUT2D eigenvalue weighted by Crippen LogP contribution is 2.19. The molecule has 1 aromatic rings. The molecule has 0 saturated carbocycles. The zero-order chi connectivity index (χ0) is 8.10. The first-order chi connectivity index (χ1) is 5.38. The maximum Gasteiger partial charge on any atom is 0.0479 e. The van der Waals surface area contributed by atoms with Crippen molar-refractivity contribution >= 4 is 17.0 Å². The van der Waals surface area contributed by atoms with Crippen LogP contribution in [0.3, 0.4) is 0 Å². The Balaban J connectivity index is 2.54. The van der Waals surface area contributed by atoms with Crippen LogP contribution < -0.4 is 10.6 Å². The molecule has 62 valence electrons. The fourth-order valence-electron chi connectivity index (χ4n) is 0.996. The summed E-state index contributed by atoms with van der Waals surface area (Å²) in [5.41, 5.74) is 2.68. The van der Waals surface area contributed by atoms with E-state index in [0.29, 0.717) is 0 Å². The quantitative estimate of drug-likeness (QED) is 0.716. The lowest BCUT2D eigenvalue weighted by Crippen LogP contribution is -2.10. The van der Waals surface area contributed by atoms with E-state index in [4.69, 9.17) is 0 Å². The van der Waals surface area contributed by atoms with Crippen molar-refractivity contribution in [3.05, 3.63) is 16.3 Å². The zero-order valence-corrected chi connectivity index (χ0v) is 7.79. The van der Waals surface area contributed by atoms with E-state index in [1.165, 1.54) is 11.3 Å². The number of hydrogen-bond donors (Lipinski definition) is 2. The molecule has 0 amide bonds. The molecule has 1 rings (SSSR count). The number of nitrogens with one attached hydrogen (secondary N) is 2. The van der Waals surface area contributed by atoms with Gasteiger partial charge in [0.15, 0.2) is 0 Å². The molecule has 0 radical (unpaired) electrons. The first kappa shape index (κ1) is 8.56. The van der Waals surface area contributed by atoms with Gasteiger partial charge >= 0.3 is 0 Å². The lowest BCUT2D eigenvalue weighted by Gasteiger charge is -2.01. The molecule has 0 aromatic carbocycles. The van der Waals surface area contributed by atoms with Gasteiger partial charge in [0.25, 0.3) is 0 Å². The van der Waals surface area contributed by atoms with Gasteiger partial charge in [-0.3, -0.25) is 0 Å². The van der Waals surface area contributed by atoms with Crippen molar-refractivity contribution in [1.82, 2.24) is 5.32 Å². The van der Waals surface area contributed by atoms with E-state index >= 15 is 0 Å². The molecular formula is C8H14N2S. The summed E-state index contributed by atoms with van der Waals surface area (Å²) < 4.78 is 0. The minimum Gasteiger partial charge on any atom is -0.387 e. The predicted molar refractivity (Wildman–Crippen MR) is 51.5 cm³/mol. The Kier molecular flexibility index (Phi) is 3.39. The Morgan fingerprint density at radius 3 is 2.82 bits per heavy atom. The summed E-state index contributed by atoms with van der Waals surface area (Å²) >= 11 is 1.75. The average Bonchev–Trinajstić information content (AvgIpc) is 2.47. The molecule has 11 heavy (non-hydrogen) atoms. The summed E-state index contributed by atoms with van der Waals surface area (Å²) in [6.45, 7) is 1.05. The van der Waals surface area contributed by atoms with E-state index in [2.05, 4.69) is 21.4 Å². The van der Waals surface area contributed by atoms with Crippen molar-refractivity contribution in [3.8, 4) is 0 Å². The lowest BCUT2D eigenvalue weighted by molar-refractivity contribution is 0.794. The minimum atomic E-state index is 1.05. The van der Waals surface area contributed by atoms with Crippen molar-refractivity contribution in [1.29, 1.82) is 0 Å². The van der Waals surface area contributed by atoms with Crippen molar-refractivity contribution in [2.45, 2.75) is 6.42 Å². The lowest BCUT2D eigenvalue weighted by atomic mass is 10.2. The van der Waals surface area contributed by atoms with Crippen LogP contribution in [0, 0.1) is 0 Å². The summed E-state index contributed by atoms with van der Waals surface area (Å²) in [7, 11) is 3.94. The molecule has 1 aromatic heterocycles. The Labute approximate surface area is 71.6 Å². The molecule has 1 heterocycles. The Morgan fingerprint density at radius 2 is 2.18 bits per heavy atom. The molecule has 2 N–H and O–H groups in total. The van der Waals surface area contributed by atoms with Gasteiger partial charge in [-0.2, -0.15) is 0 Å². The van der Waals surface area contributed by atoms with E-state index in [-0.39, 0.29) is 0 Å². The van der Waals surface area contributed by atoms with Gasteiger partial charge in [0, 0.05) is 18.1 Å². The summed E-state index contributed by atoms with van der Waals surface area (Å²) in [4.78, 5) is 0. The van der Waals surface area contributed by atoms with Gasteiger partial charge in [0.2, 0.25) is 0 Å². The maximum atomic E-state index is 3.17. The third-order valence-electron chi connectivity index (χ3n) is 1.66. The number of anilines is 1. The number of rotatable bonds is 4. The highest BCUT2D eigenvalue weighted by Gasteiger charge is 1.99. The molecule has 2 nitrogen and oxygen atoms in total. The van der Waals surface area contributed by atoms with E-state index < -0.39 is 0 Å². The van der Waals surface area contributed by atoms with Crippen LogP contribution in [-0.2, 0) is 6.42 Å². The Morgan fingerprint density at radius 1 is 1.36 bits per heavy atom. The first-order valence-corrected chi connectivity index (χ1v) is 4.70. The van der Waals surface area contributed by atoms with E-state index in [1.807, 2.05) is 14.1 Å². The number of likely N-dealkylation sites (N-methyl/N-ethyl adjacent to an activating group) is 1. The third-order valence-corrected chi connectivity index (χ3v) is 2.45. The van der Waals surface area contributed by atoms with Crippen LogP contribution in [-0.4, -0.2) is 20.6 Å². The van der Waals surface area contributed by atoms with Crippen molar-refractivity contribution in [2.75, 3.05) is 26.0 Å². The van der Waals surface area contributed by atoms with Crippen LogP contribution in [0.1, 0.15) is 5.56 Å². The Hall–Kier alpha value is -0.540. The average molecular weight is 170 g/mol. The number of hydrogen-bond acceptors (Lipinski definition) is 3. The molecule has 0 atom stereocenters. The van der Waals surface area contributed by atoms with Crippen molar-refractivity contribution < 1.29 is 0 Å². The minimum absolute atomic E-state index is 1.05. The molecule has 0 saturated heterocycles. The van der Waals surface area contributed by atoms with Crippen LogP contribution in [0.2, 0.25) is 0 Å². The normalized spacial score (nSPS) is 10.0. The fraction of sp³-hybridized carbons (Fsp3) is 0.500. The van der Waals surface area contributed by atoms with Gasteiger partial charge in [-0.15, -0.1) is 11.3 Å². The third kappa shape index (κ3) is 2.20. The molecule has 0 fully saturated rings. The Bertz CT molecular complexity index is 208. The van der Waals surface area contributed by atoms with Crippen LogP contribution in [0.25, 0.3) is 0 Å². The van der Waals surface area contributed by atoms with E-state index in [9.17, 15) is 0 Å². The van der Waals surface area contributed by atoms with E-state index in [0.717, 1.165) is 13.0 Å². The summed E-state index contributed by atoms with van der Waals surface area (Å²) in [5, 5.41) is 10.6. The van der Waals surface area contributed by atoms with Gasteiger partial charge in [-0.05, 0) is 31.0 Å². The molecule has 0 bridgehead atoms. The van der Waals surface area contributed by atoms with Crippen molar-refractivity contribution in [2.24, 2.45) is 0 Å². The monoisotopic (exact) mass is 170 g/mol. The molecule has 3 heteroatoms. The molecule has 0 unspecified atom stereocenters. The second-order valence-corrected chi connectivity index (χ2v) is 3.16. The smallest absolute Gasteiger partial charge is 0.0479 e. The van der Waals surface area contributed by atoms with Gasteiger partial charge in [-0.1, -0.05) is 0 Å². The molecular weight excluding hydrogens is 156 g/mol. The van der Waals surface area contributed by atoms with Crippen LogP contribution in [0.4, 0.5) is 5.69 Å². The summed E-state index contributed by atoms with van der Waals surface area (Å²) in [6, 6.07) is 0. The highest BCUT2D eigenvalue weighted by atomic mass is 32.1. The summed E-state index contributed by atoms with van der Waals surface area (Å²) in [5.74, 6) is 0. The maximum absolute atomic E-state index is 3.17. The molecule has 0 aliphatic rings. The SMILES string of the molecule is CNCCc1cscc1NC. The number of thiophene rings is 1. The van der Waals surface area contributed by atoms with Gasteiger partial charge in [0.1, 0.15) is 0 Å². The largest absolute Gasteiger partial charge is 0.387 e. The topological polar surface area (TPSA) is 24.1 Å². The molecule has 0 spiro atoms. The molecule has 0 aliphatic carbocycles. The zero-order valence-electron chi connectivity index (χ0n) is 6.98. The second kappa shape index (κ2) is 4.36.